The van der Waals surface area contributed by atoms with Crippen LogP contribution in [-0.4, -0.2) is 39.3 Å². The number of rotatable bonds is 8. The number of anilines is 1. The van der Waals surface area contributed by atoms with E-state index in [1.807, 2.05) is 61.5 Å². The van der Waals surface area contributed by atoms with Crippen molar-refractivity contribution in [2.75, 3.05) is 26.8 Å². The summed E-state index contributed by atoms with van der Waals surface area (Å²) >= 11 is 0. The Morgan fingerprint density at radius 3 is 2.31 bits per heavy atom. The third-order valence-electron chi connectivity index (χ3n) is 5.87. The Balaban J connectivity index is 1.87. The summed E-state index contributed by atoms with van der Waals surface area (Å²) < 4.78 is 21.6. The summed E-state index contributed by atoms with van der Waals surface area (Å²) in [7, 11) is 4.22. The van der Waals surface area contributed by atoms with Crippen LogP contribution in [0.1, 0.15) is 22.3 Å². The van der Waals surface area contributed by atoms with Gasteiger partial charge < -0.3 is 18.9 Å². The smallest absolute Gasteiger partial charge is 0.425 e. The highest BCUT2D eigenvalue weighted by Crippen LogP contribution is 2.45. The van der Waals surface area contributed by atoms with Gasteiger partial charge in [0.1, 0.15) is 11.5 Å². The van der Waals surface area contributed by atoms with E-state index in [-0.39, 0.29) is 12.3 Å². The zero-order valence-corrected chi connectivity index (χ0v) is 20.5. The summed E-state index contributed by atoms with van der Waals surface area (Å²) in [5.41, 5.74) is 7.20. The van der Waals surface area contributed by atoms with E-state index in [0.717, 1.165) is 11.1 Å². The van der Waals surface area contributed by atoms with Crippen LogP contribution in [-0.2, 0) is 26.2 Å². The lowest BCUT2D eigenvalue weighted by atomic mass is 9.83. The SMILES string of the molecule is COC(=O)NNc1cc(OC)c([C@@]2(Cc3ccccc3)N=C(c3ccc(C)cc3)OC2=O)cc1OC. The Bertz CT molecular complexity index is 1290. The number of aliphatic imine (C=N–C) groups is 1. The number of cyclic esters (lactones) is 1. The average Bonchev–Trinajstić information content (AvgIpc) is 3.23. The second-order valence-corrected chi connectivity index (χ2v) is 8.19. The van der Waals surface area contributed by atoms with Gasteiger partial charge in [-0.15, -0.1) is 0 Å². The van der Waals surface area contributed by atoms with Crippen LogP contribution in [0.2, 0.25) is 0 Å². The van der Waals surface area contributed by atoms with Crippen LogP contribution in [0, 0.1) is 6.92 Å². The van der Waals surface area contributed by atoms with Gasteiger partial charge in [-0.2, -0.15) is 0 Å². The normalized spacial score (nSPS) is 16.6. The predicted octanol–water partition coefficient (Wildman–Crippen LogP) is 4.14. The molecule has 0 spiro atoms. The van der Waals surface area contributed by atoms with Gasteiger partial charge in [0, 0.05) is 23.6 Å². The molecule has 1 amide bonds. The first-order valence-corrected chi connectivity index (χ1v) is 11.2. The molecule has 0 aromatic heterocycles. The number of ether oxygens (including phenoxy) is 4. The van der Waals surface area contributed by atoms with E-state index in [4.69, 9.17) is 19.2 Å². The molecule has 1 atom stereocenters. The van der Waals surface area contributed by atoms with Crippen molar-refractivity contribution in [3.05, 3.63) is 89.0 Å². The topological polar surface area (TPSA) is 107 Å². The first-order valence-electron chi connectivity index (χ1n) is 11.2. The predicted molar refractivity (Wildman–Crippen MR) is 134 cm³/mol. The van der Waals surface area contributed by atoms with Crippen LogP contribution in [0.4, 0.5) is 10.5 Å². The highest BCUT2D eigenvalue weighted by atomic mass is 16.6. The molecule has 0 saturated carbocycles. The fraction of sp³-hybridized carbons (Fsp3) is 0.222. The minimum Gasteiger partial charge on any atom is -0.496 e. The minimum atomic E-state index is -1.44. The van der Waals surface area contributed by atoms with Crippen molar-refractivity contribution >= 4 is 23.6 Å². The molecule has 36 heavy (non-hydrogen) atoms. The molecule has 3 aromatic rings. The van der Waals surface area contributed by atoms with Crippen molar-refractivity contribution in [2.24, 2.45) is 4.99 Å². The molecule has 0 bridgehead atoms. The summed E-state index contributed by atoms with van der Waals surface area (Å²) in [6.07, 6.45) is -0.457. The molecule has 1 aliphatic heterocycles. The van der Waals surface area contributed by atoms with Crippen molar-refractivity contribution in [2.45, 2.75) is 18.9 Å². The fourth-order valence-corrected chi connectivity index (χ4v) is 3.99. The summed E-state index contributed by atoms with van der Waals surface area (Å²) in [5.74, 6) is 0.398. The zero-order chi connectivity index (χ0) is 25.7. The number of carbonyl (C=O) groups is 2. The highest BCUT2D eigenvalue weighted by molar-refractivity contribution is 6.08. The van der Waals surface area contributed by atoms with E-state index in [1.54, 1.807) is 12.1 Å². The Morgan fingerprint density at radius 1 is 0.972 bits per heavy atom. The lowest BCUT2D eigenvalue weighted by Gasteiger charge is -2.26. The molecule has 1 aliphatic rings. The van der Waals surface area contributed by atoms with Gasteiger partial charge in [0.05, 0.1) is 27.0 Å². The fourth-order valence-electron chi connectivity index (χ4n) is 3.99. The van der Waals surface area contributed by atoms with E-state index in [1.165, 1.54) is 21.3 Å². The molecule has 0 unspecified atom stereocenters. The van der Waals surface area contributed by atoms with Gasteiger partial charge in [0.2, 0.25) is 5.90 Å². The molecule has 9 nitrogen and oxygen atoms in total. The van der Waals surface area contributed by atoms with E-state index >= 15 is 0 Å². The van der Waals surface area contributed by atoms with Gasteiger partial charge in [-0.1, -0.05) is 48.0 Å². The first-order chi connectivity index (χ1) is 17.4. The van der Waals surface area contributed by atoms with Crippen LogP contribution in [0.15, 0.2) is 71.7 Å². The molecular formula is C27H27N3O6. The lowest BCUT2D eigenvalue weighted by molar-refractivity contribution is -0.139. The molecular weight excluding hydrogens is 462 g/mol. The standard InChI is InChI=1S/C27H27N3O6/c1-17-10-12-19(13-11-17)24-28-27(25(31)36-24,16-18-8-6-5-7-9-18)20-14-23(34-3)21(15-22(20)33-2)29-30-26(32)35-4/h5-15,29H,16H2,1-4H3,(H,30,32)/t27-/m1/s1. The highest BCUT2D eigenvalue weighted by Gasteiger charge is 2.50. The third-order valence-corrected chi connectivity index (χ3v) is 5.87. The lowest BCUT2D eigenvalue weighted by Crippen LogP contribution is -2.34. The molecule has 0 saturated heterocycles. The average molecular weight is 490 g/mol. The second kappa shape index (κ2) is 10.4. The summed E-state index contributed by atoms with van der Waals surface area (Å²) in [5, 5.41) is 0. The summed E-state index contributed by atoms with van der Waals surface area (Å²) in [6, 6.07) is 20.4. The van der Waals surface area contributed by atoms with Crippen molar-refractivity contribution in [1.82, 2.24) is 5.43 Å². The van der Waals surface area contributed by atoms with Crippen molar-refractivity contribution in [3.63, 3.8) is 0 Å². The molecule has 3 aromatic carbocycles. The van der Waals surface area contributed by atoms with E-state index < -0.39 is 17.6 Å². The van der Waals surface area contributed by atoms with Gasteiger partial charge >= 0.3 is 12.1 Å². The van der Waals surface area contributed by atoms with Gasteiger partial charge in [0.15, 0.2) is 5.54 Å². The molecule has 9 heteroatoms. The van der Waals surface area contributed by atoms with E-state index in [2.05, 4.69) is 15.6 Å². The van der Waals surface area contributed by atoms with E-state index in [9.17, 15) is 9.59 Å². The van der Waals surface area contributed by atoms with Gasteiger partial charge in [0.25, 0.3) is 0 Å². The first kappa shape index (κ1) is 24.6. The minimum absolute atomic E-state index is 0.228. The Labute approximate surface area is 209 Å². The van der Waals surface area contributed by atoms with Crippen LogP contribution in [0.25, 0.3) is 0 Å². The quantitative estimate of drug-likeness (QED) is 0.362. The largest absolute Gasteiger partial charge is 0.496 e. The number of hydrogen-bond acceptors (Lipinski definition) is 8. The van der Waals surface area contributed by atoms with Crippen molar-refractivity contribution in [3.8, 4) is 11.5 Å². The summed E-state index contributed by atoms with van der Waals surface area (Å²) in [6.45, 7) is 1.98. The maximum atomic E-state index is 13.6. The number of hydrogen-bond donors (Lipinski definition) is 2. The molecule has 186 valence electrons. The number of aryl methyl sites for hydroxylation is 1. The number of nitrogens with one attached hydrogen (secondary N) is 2. The Hall–Kier alpha value is -4.53. The third kappa shape index (κ3) is 4.81. The maximum absolute atomic E-state index is 13.6. The monoisotopic (exact) mass is 489 g/mol. The van der Waals surface area contributed by atoms with Crippen LogP contribution >= 0.6 is 0 Å². The van der Waals surface area contributed by atoms with Crippen molar-refractivity contribution < 1.29 is 28.5 Å². The number of methoxy groups -OCH3 is 3. The molecule has 0 fully saturated rings. The molecule has 0 radical (unpaired) electrons. The van der Waals surface area contributed by atoms with Crippen LogP contribution < -0.4 is 20.3 Å². The van der Waals surface area contributed by atoms with E-state index in [0.29, 0.717) is 28.3 Å². The number of benzene rings is 3. The number of nitrogens with zero attached hydrogens (tertiary/aromatic N) is 1. The molecule has 4 rings (SSSR count). The molecule has 1 heterocycles. The van der Waals surface area contributed by atoms with Crippen LogP contribution in [0.5, 0.6) is 11.5 Å². The van der Waals surface area contributed by atoms with Crippen molar-refractivity contribution in [1.29, 1.82) is 0 Å². The van der Waals surface area contributed by atoms with Gasteiger partial charge in [-0.3, -0.25) is 5.43 Å². The Kier molecular flexibility index (Phi) is 7.10. The zero-order valence-electron chi connectivity index (χ0n) is 20.5. The number of amides is 1. The van der Waals surface area contributed by atoms with Crippen LogP contribution in [0.3, 0.4) is 0 Å². The number of carbonyl (C=O) groups excluding carboxylic acids is 2. The number of hydrazine groups is 1. The van der Waals surface area contributed by atoms with Gasteiger partial charge in [-0.25, -0.2) is 20.0 Å². The van der Waals surface area contributed by atoms with Gasteiger partial charge in [-0.05, 0) is 30.7 Å². The second-order valence-electron chi connectivity index (χ2n) is 8.19. The maximum Gasteiger partial charge on any atom is 0.425 e. The summed E-state index contributed by atoms with van der Waals surface area (Å²) in [4.78, 5) is 30.1. The number of esters is 1. The molecule has 0 aliphatic carbocycles. The molecule has 2 N–H and O–H groups in total. The Morgan fingerprint density at radius 2 is 1.67 bits per heavy atom.